The Morgan fingerprint density at radius 2 is 1.65 bits per heavy atom. The average molecular weight is 385 g/mol. The predicted octanol–water partition coefficient (Wildman–Crippen LogP) is 0.380. The van der Waals surface area contributed by atoms with Gasteiger partial charge in [0, 0.05) is 18.7 Å². The Hall–Kier alpha value is -2.46. The second kappa shape index (κ2) is 9.30. The lowest BCUT2D eigenvalue weighted by Gasteiger charge is -2.14. The molecule has 1 atom stereocenters. The van der Waals surface area contributed by atoms with Gasteiger partial charge in [0.2, 0.25) is 15.9 Å². The SMILES string of the molecule is CC(=O)Nc1ccc(S(=O)(=O)N[C@@H](C)C(=O)OCC(=O)NC(C)C)cc1. The third-order valence-electron chi connectivity index (χ3n) is 2.97. The summed E-state index contributed by atoms with van der Waals surface area (Å²) in [6.07, 6.45) is 0. The van der Waals surface area contributed by atoms with Crippen molar-refractivity contribution in [3.63, 3.8) is 0 Å². The number of ether oxygens (including phenoxy) is 1. The van der Waals surface area contributed by atoms with Gasteiger partial charge in [-0.2, -0.15) is 4.72 Å². The van der Waals surface area contributed by atoms with Gasteiger partial charge in [-0.15, -0.1) is 0 Å². The molecule has 0 aliphatic heterocycles. The van der Waals surface area contributed by atoms with E-state index in [2.05, 4.69) is 15.4 Å². The molecule has 0 bridgehead atoms. The number of carbonyl (C=O) groups excluding carboxylic acids is 3. The van der Waals surface area contributed by atoms with E-state index >= 15 is 0 Å². The van der Waals surface area contributed by atoms with Gasteiger partial charge < -0.3 is 15.4 Å². The Morgan fingerprint density at radius 1 is 1.08 bits per heavy atom. The van der Waals surface area contributed by atoms with E-state index in [0.717, 1.165) is 0 Å². The van der Waals surface area contributed by atoms with Gasteiger partial charge >= 0.3 is 5.97 Å². The number of hydrogen-bond acceptors (Lipinski definition) is 6. The molecule has 1 rings (SSSR count). The molecule has 144 valence electrons. The van der Waals surface area contributed by atoms with Gasteiger partial charge in [-0.25, -0.2) is 8.42 Å². The van der Waals surface area contributed by atoms with Crippen LogP contribution >= 0.6 is 0 Å². The van der Waals surface area contributed by atoms with Gasteiger partial charge in [-0.3, -0.25) is 14.4 Å². The first-order valence-electron chi connectivity index (χ1n) is 7.87. The number of benzene rings is 1. The molecule has 0 saturated heterocycles. The molecule has 0 saturated carbocycles. The molecule has 3 N–H and O–H groups in total. The third kappa shape index (κ3) is 7.19. The summed E-state index contributed by atoms with van der Waals surface area (Å²) in [5.41, 5.74) is 0.445. The standard InChI is InChI=1S/C16H23N3O6S/c1-10(2)17-15(21)9-25-16(22)11(3)19-26(23,24)14-7-5-13(6-8-14)18-12(4)20/h5-8,10-11,19H,9H2,1-4H3,(H,17,21)(H,18,20)/t11-/m0/s1. The van der Waals surface area contributed by atoms with Crippen LogP contribution in [-0.2, 0) is 29.1 Å². The second-order valence-electron chi connectivity index (χ2n) is 5.88. The molecular weight excluding hydrogens is 362 g/mol. The number of rotatable bonds is 8. The first-order chi connectivity index (χ1) is 12.0. The number of amides is 2. The van der Waals surface area contributed by atoms with E-state index in [9.17, 15) is 22.8 Å². The molecule has 2 amide bonds. The van der Waals surface area contributed by atoms with Crippen molar-refractivity contribution in [1.82, 2.24) is 10.0 Å². The smallest absolute Gasteiger partial charge is 0.324 e. The molecule has 1 aromatic carbocycles. The molecule has 1 aromatic rings. The minimum atomic E-state index is -3.97. The van der Waals surface area contributed by atoms with Crippen LogP contribution in [0.2, 0.25) is 0 Å². The summed E-state index contributed by atoms with van der Waals surface area (Å²) < 4.78 is 31.5. The number of anilines is 1. The maximum atomic E-state index is 12.3. The maximum Gasteiger partial charge on any atom is 0.324 e. The number of sulfonamides is 1. The van der Waals surface area contributed by atoms with Gasteiger partial charge in [0.25, 0.3) is 5.91 Å². The van der Waals surface area contributed by atoms with Crippen molar-refractivity contribution < 1.29 is 27.5 Å². The van der Waals surface area contributed by atoms with Crippen molar-refractivity contribution >= 4 is 33.5 Å². The quantitative estimate of drug-likeness (QED) is 0.555. The van der Waals surface area contributed by atoms with Crippen LogP contribution in [0.15, 0.2) is 29.2 Å². The van der Waals surface area contributed by atoms with Crippen LogP contribution in [0.25, 0.3) is 0 Å². The van der Waals surface area contributed by atoms with Crippen LogP contribution in [0.3, 0.4) is 0 Å². The minimum absolute atomic E-state index is 0.0798. The van der Waals surface area contributed by atoms with E-state index < -0.39 is 34.5 Å². The molecule has 0 heterocycles. The molecule has 26 heavy (non-hydrogen) atoms. The summed E-state index contributed by atoms with van der Waals surface area (Å²) in [4.78, 5) is 34.2. The average Bonchev–Trinajstić information content (AvgIpc) is 2.51. The van der Waals surface area contributed by atoms with Crippen molar-refractivity contribution in [2.45, 2.75) is 44.7 Å². The first-order valence-corrected chi connectivity index (χ1v) is 9.35. The molecule has 0 fully saturated rings. The number of nitrogens with one attached hydrogen (secondary N) is 3. The Kier molecular flexibility index (Phi) is 7.72. The van der Waals surface area contributed by atoms with Crippen LogP contribution in [0, 0.1) is 0 Å². The molecule has 0 aliphatic rings. The van der Waals surface area contributed by atoms with E-state index in [-0.39, 0.29) is 16.8 Å². The Balaban J connectivity index is 2.66. The molecule has 10 heteroatoms. The lowest BCUT2D eigenvalue weighted by Crippen LogP contribution is -2.41. The summed E-state index contributed by atoms with van der Waals surface area (Å²) in [5.74, 6) is -1.63. The summed E-state index contributed by atoms with van der Waals surface area (Å²) in [5, 5.41) is 5.06. The monoisotopic (exact) mass is 385 g/mol. The molecule has 9 nitrogen and oxygen atoms in total. The second-order valence-corrected chi connectivity index (χ2v) is 7.59. The lowest BCUT2D eigenvalue weighted by atomic mass is 10.3. The summed E-state index contributed by atoms with van der Waals surface area (Å²) in [6, 6.07) is 4.16. The minimum Gasteiger partial charge on any atom is -0.454 e. The van der Waals surface area contributed by atoms with Gasteiger partial charge in [0.05, 0.1) is 4.90 Å². The van der Waals surface area contributed by atoms with Gasteiger partial charge in [0.15, 0.2) is 6.61 Å². The third-order valence-corrected chi connectivity index (χ3v) is 4.52. The first kappa shape index (κ1) is 21.6. The maximum absolute atomic E-state index is 12.3. The molecule has 0 aromatic heterocycles. The van der Waals surface area contributed by atoms with Crippen molar-refractivity contribution in [2.24, 2.45) is 0 Å². The van der Waals surface area contributed by atoms with E-state index in [1.54, 1.807) is 13.8 Å². The zero-order valence-electron chi connectivity index (χ0n) is 15.0. The Bertz CT molecular complexity index is 759. The highest BCUT2D eigenvalue weighted by atomic mass is 32.2. The summed E-state index contributed by atoms with van der Waals surface area (Å²) in [6.45, 7) is 5.67. The van der Waals surface area contributed by atoms with E-state index in [1.807, 2.05) is 0 Å². The van der Waals surface area contributed by atoms with Crippen molar-refractivity contribution in [3.8, 4) is 0 Å². The fraction of sp³-hybridized carbons (Fsp3) is 0.438. The largest absolute Gasteiger partial charge is 0.454 e. The Morgan fingerprint density at radius 3 is 2.15 bits per heavy atom. The number of carbonyl (C=O) groups is 3. The highest BCUT2D eigenvalue weighted by Crippen LogP contribution is 2.14. The lowest BCUT2D eigenvalue weighted by molar-refractivity contribution is -0.149. The molecule has 0 unspecified atom stereocenters. The number of esters is 1. The normalized spacial score (nSPS) is 12.3. The highest BCUT2D eigenvalue weighted by molar-refractivity contribution is 7.89. The van der Waals surface area contributed by atoms with Crippen molar-refractivity contribution in [2.75, 3.05) is 11.9 Å². The zero-order chi connectivity index (χ0) is 19.9. The van der Waals surface area contributed by atoms with Gasteiger partial charge in [-0.05, 0) is 45.0 Å². The number of hydrogen-bond donors (Lipinski definition) is 3. The van der Waals surface area contributed by atoms with E-state index in [1.165, 1.54) is 38.1 Å². The van der Waals surface area contributed by atoms with Crippen molar-refractivity contribution in [1.29, 1.82) is 0 Å². The van der Waals surface area contributed by atoms with Gasteiger partial charge in [0.1, 0.15) is 6.04 Å². The molecule has 0 spiro atoms. The van der Waals surface area contributed by atoms with Crippen LogP contribution < -0.4 is 15.4 Å². The summed E-state index contributed by atoms with van der Waals surface area (Å²) in [7, 11) is -3.97. The zero-order valence-corrected chi connectivity index (χ0v) is 15.8. The fourth-order valence-corrected chi connectivity index (χ4v) is 3.09. The van der Waals surface area contributed by atoms with E-state index in [4.69, 9.17) is 4.74 Å². The summed E-state index contributed by atoms with van der Waals surface area (Å²) >= 11 is 0. The molecule has 0 aliphatic carbocycles. The highest BCUT2D eigenvalue weighted by Gasteiger charge is 2.23. The Labute approximate surface area is 152 Å². The fourth-order valence-electron chi connectivity index (χ4n) is 1.89. The molecule has 0 radical (unpaired) electrons. The topological polar surface area (TPSA) is 131 Å². The van der Waals surface area contributed by atoms with Crippen LogP contribution in [-0.4, -0.2) is 44.9 Å². The van der Waals surface area contributed by atoms with Crippen molar-refractivity contribution in [3.05, 3.63) is 24.3 Å². The van der Waals surface area contributed by atoms with Gasteiger partial charge in [-0.1, -0.05) is 0 Å². The van der Waals surface area contributed by atoms with E-state index in [0.29, 0.717) is 5.69 Å². The van der Waals surface area contributed by atoms with Crippen LogP contribution in [0.5, 0.6) is 0 Å². The van der Waals surface area contributed by atoms with Crippen LogP contribution in [0.4, 0.5) is 5.69 Å². The van der Waals surface area contributed by atoms with Crippen LogP contribution in [0.1, 0.15) is 27.7 Å². The predicted molar refractivity (Wildman–Crippen MR) is 94.8 cm³/mol. The molecular formula is C16H23N3O6S.